The van der Waals surface area contributed by atoms with Crippen LogP contribution in [-0.2, 0) is 14.3 Å². The molecule has 0 saturated carbocycles. The van der Waals surface area contributed by atoms with Crippen molar-refractivity contribution in [3.63, 3.8) is 0 Å². The summed E-state index contributed by atoms with van der Waals surface area (Å²) in [7, 11) is 0. The van der Waals surface area contributed by atoms with Gasteiger partial charge in [0.1, 0.15) is 17.2 Å². The molecule has 5 nitrogen and oxygen atoms in total. The van der Waals surface area contributed by atoms with E-state index in [1.54, 1.807) is 0 Å². The zero-order valence-corrected chi connectivity index (χ0v) is 14.4. The van der Waals surface area contributed by atoms with Crippen LogP contribution in [0.2, 0.25) is 0 Å². The summed E-state index contributed by atoms with van der Waals surface area (Å²) in [6.45, 7) is 11.5. The van der Waals surface area contributed by atoms with Crippen LogP contribution in [0.15, 0.2) is 12.2 Å². The second kappa shape index (κ2) is 5.60. The third-order valence-corrected chi connectivity index (χ3v) is 3.75. The molecule has 0 bridgehead atoms. The molecule has 2 rings (SSSR count). The van der Waals surface area contributed by atoms with E-state index in [2.05, 4.69) is 6.08 Å². The van der Waals surface area contributed by atoms with E-state index in [0.717, 1.165) is 6.42 Å². The van der Waals surface area contributed by atoms with E-state index in [-0.39, 0.29) is 17.8 Å². The summed E-state index contributed by atoms with van der Waals surface area (Å²) in [6, 6.07) is -0.585. The number of rotatable bonds is 1. The van der Waals surface area contributed by atoms with Crippen molar-refractivity contribution in [1.29, 1.82) is 0 Å². The average Bonchev–Trinajstić information content (AvgIpc) is 2.81. The van der Waals surface area contributed by atoms with Crippen molar-refractivity contribution in [2.24, 2.45) is 11.8 Å². The van der Waals surface area contributed by atoms with Gasteiger partial charge in [0.05, 0.1) is 0 Å². The fourth-order valence-corrected chi connectivity index (χ4v) is 3.01. The normalized spacial score (nSPS) is 27.7. The highest BCUT2D eigenvalue weighted by molar-refractivity contribution is 5.83. The highest BCUT2D eigenvalue weighted by Crippen LogP contribution is 2.39. The third-order valence-electron chi connectivity index (χ3n) is 3.75. The lowest BCUT2D eigenvalue weighted by atomic mass is 9.94. The molecule has 2 aliphatic rings. The SMILES string of the molecule is CC(C)(C)OC(=O)[C@@H]1[C@@H]2C=CC[C@@H]2CN1C(=O)OC(C)(C)C. The molecule has 22 heavy (non-hydrogen) atoms. The highest BCUT2D eigenvalue weighted by atomic mass is 16.6. The second-order valence-corrected chi connectivity index (χ2v) is 8.11. The lowest BCUT2D eigenvalue weighted by Crippen LogP contribution is -2.47. The van der Waals surface area contributed by atoms with Crippen LogP contribution in [0, 0.1) is 11.8 Å². The lowest BCUT2D eigenvalue weighted by molar-refractivity contribution is -0.161. The molecule has 5 heteroatoms. The molecule has 1 amide bonds. The number of amides is 1. The molecule has 0 unspecified atom stereocenters. The van der Waals surface area contributed by atoms with Gasteiger partial charge in [-0.2, -0.15) is 0 Å². The Kier molecular flexibility index (Phi) is 4.28. The Labute approximate surface area is 132 Å². The zero-order chi connectivity index (χ0) is 16.7. The summed E-state index contributed by atoms with van der Waals surface area (Å²) in [5.41, 5.74) is -1.15. The molecule has 1 saturated heterocycles. The van der Waals surface area contributed by atoms with Gasteiger partial charge in [0.15, 0.2) is 0 Å². The second-order valence-electron chi connectivity index (χ2n) is 8.11. The standard InChI is InChI=1S/C17H27NO4/c1-16(2,3)21-14(19)13-12-9-7-8-11(12)10-18(13)15(20)22-17(4,5)6/h7,9,11-13H,8,10H2,1-6H3/t11-,12-,13+/m1/s1. The van der Waals surface area contributed by atoms with E-state index in [1.165, 1.54) is 4.90 Å². The first-order chi connectivity index (χ1) is 9.98. The van der Waals surface area contributed by atoms with Crippen molar-refractivity contribution >= 4 is 12.1 Å². The van der Waals surface area contributed by atoms with Crippen LogP contribution in [0.1, 0.15) is 48.0 Å². The van der Waals surface area contributed by atoms with E-state index < -0.39 is 23.3 Å². The molecule has 0 N–H and O–H groups in total. The Bertz CT molecular complexity index is 484. The van der Waals surface area contributed by atoms with Crippen molar-refractivity contribution in [2.75, 3.05) is 6.54 Å². The monoisotopic (exact) mass is 309 g/mol. The molecule has 0 aromatic rings. The van der Waals surface area contributed by atoms with E-state index in [0.29, 0.717) is 6.54 Å². The summed E-state index contributed by atoms with van der Waals surface area (Å²) in [6.07, 6.45) is 4.57. The molecule has 0 spiro atoms. The Morgan fingerprint density at radius 3 is 2.18 bits per heavy atom. The number of fused-ring (bicyclic) bond motifs is 1. The van der Waals surface area contributed by atoms with Crippen LogP contribution >= 0.6 is 0 Å². The fraction of sp³-hybridized carbons (Fsp3) is 0.765. The minimum absolute atomic E-state index is 0.0300. The maximum absolute atomic E-state index is 12.6. The van der Waals surface area contributed by atoms with Crippen LogP contribution in [0.5, 0.6) is 0 Å². The quantitative estimate of drug-likeness (QED) is 0.551. The van der Waals surface area contributed by atoms with Gasteiger partial charge in [-0.1, -0.05) is 12.2 Å². The zero-order valence-electron chi connectivity index (χ0n) is 14.4. The van der Waals surface area contributed by atoms with Gasteiger partial charge in [0.2, 0.25) is 0 Å². The number of hydrogen-bond acceptors (Lipinski definition) is 4. The van der Waals surface area contributed by atoms with Gasteiger partial charge in [-0.25, -0.2) is 9.59 Å². The Morgan fingerprint density at radius 1 is 1.05 bits per heavy atom. The van der Waals surface area contributed by atoms with E-state index >= 15 is 0 Å². The van der Waals surface area contributed by atoms with Crippen molar-refractivity contribution in [3.8, 4) is 0 Å². The number of likely N-dealkylation sites (tertiary alicyclic amines) is 1. The van der Waals surface area contributed by atoms with E-state index in [1.807, 2.05) is 47.6 Å². The summed E-state index contributed by atoms with van der Waals surface area (Å²) < 4.78 is 11.0. The molecule has 1 fully saturated rings. The van der Waals surface area contributed by atoms with Gasteiger partial charge in [-0.3, -0.25) is 4.90 Å². The molecule has 1 heterocycles. The fourth-order valence-electron chi connectivity index (χ4n) is 3.01. The maximum Gasteiger partial charge on any atom is 0.411 e. The number of nitrogens with zero attached hydrogens (tertiary/aromatic N) is 1. The molecule has 124 valence electrons. The van der Waals surface area contributed by atoms with Gasteiger partial charge in [0, 0.05) is 12.5 Å². The Morgan fingerprint density at radius 2 is 1.64 bits per heavy atom. The van der Waals surface area contributed by atoms with Crippen LogP contribution in [0.3, 0.4) is 0 Å². The average molecular weight is 309 g/mol. The van der Waals surface area contributed by atoms with Crippen molar-refractivity contribution < 1.29 is 19.1 Å². The van der Waals surface area contributed by atoms with Crippen LogP contribution < -0.4 is 0 Å². The largest absolute Gasteiger partial charge is 0.458 e. The Balaban J connectivity index is 2.19. The number of allylic oxidation sites excluding steroid dienone is 1. The molecule has 0 radical (unpaired) electrons. The smallest absolute Gasteiger partial charge is 0.411 e. The first-order valence-electron chi connectivity index (χ1n) is 7.87. The van der Waals surface area contributed by atoms with Crippen molar-refractivity contribution in [2.45, 2.75) is 65.2 Å². The Hall–Kier alpha value is -1.52. The number of esters is 1. The van der Waals surface area contributed by atoms with Gasteiger partial charge in [-0.05, 0) is 53.9 Å². The molecule has 1 aliphatic carbocycles. The molecular weight excluding hydrogens is 282 g/mol. The summed E-state index contributed by atoms with van der Waals surface area (Å²) in [5.74, 6) is -0.0372. The minimum atomic E-state index is -0.585. The molecule has 0 aromatic heterocycles. The molecule has 1 aliphatic heterocycles. The number of carbonyl (C=O) groups is 2. The number of hydrogen-bond donors (Lipinski definition) is 0. The summed E-state index contributed by atoms with van der Waals surface area (Å²) >= 11 is 0. The lowest BCUT2D eigenvalue weighted by Gasteiger charge is -2.30. The first kappa shape index (κ1) is 16.8. The van der Waals surface area contributed by atoms with Crippen molar-refractivity contribution in [3.05, 3.63) is 12.2 Å². The predicted molar refractivity (Wildman–Crippen MR) is 83.3 cm³/mol. The first-order valence-corrected chi connectivity index (χ1v) is 7.87. The van der Waals surface area contributed by atoms with E-state index in [9.17, 15) is 9.59 Å². The van der Waals surface area contributed by atoms with Crippen LogP contribution in [-0.4, -0.2) is 40.8 Å². The van der Waals surface area contributed by atoms with Gasteiger partial charge < -0.3 is 9.47 Å². The van der Waals surface area contributed by atoms with Gasteiger partial charge in [0.25, 0.3) is 0 Å². The number of carbonyl (C=O) groups excluding carboxylic acids is 2. The minimum Gasteiger partial charge on any atom is -0.458 e. The molecule has 3 atom stereocenters. The predicted octanol–water partition coefficient (Wildman–Crippen LogP) is 3.14. The van der Waals surface area contributed by atoms with Crippen molar-refractivity contribution in [1.82, 2.24) is 4.90 Å². The highest BCUT2D eigenvalue weighted by Gasteiger charge is 2.50. The summed E-state index contributed by atoms with van der Waals surface area (Å²) in [4.78, 5) is 26.6. The van der Waals surface area contributed by atoms with Crippen LogP contribution in [0.25, 0.3) is 0 Å². The topological polar surface area (TPSA) is 55.8 Å². The summed E-state index contributed by atoms with van der Waals surface area (Å²) in [5, 5.41) is 0. The molecule has 0 aromatic carbocycles. The third kappa shape index (κ3) is 3.81. The van der Waals surface area contributed by atoms with Gasteiger partial charge >= 0.3 is 12.1 Å². The molecular formula is C17H27NO4. The van der Waals surface area contributed by atoms with Crippen LogP contribution in [0.4, 0.5) is 4.79 Å². The van der Waals surface area contributed by atoms with E-state index in [4.69, 9.17) is 9.47 Å². The maximum atomic E-state index is 12.6. The van der Waals surface area contributed by atoms with Gasteiger partial charge in [-0.15, -0.1) is 0 Å². The number of ether oxygens (including phenoxy) is 2.